The SMILES string of the molecule is CC(=O)N1C[C@H]2CC[C@@H](C1)N(C(=O)c1oc3ccc(C)cc3c1C)C2. The van der Waals surface area contributed by atoms with Crippen LogP contribution in [0.4, 0.5) is 0 Å². The first-order valence-corrected chi connectivity index (χ1v) is 9.00. The molecule has 3 aliphatic rings. The van der Waals surface area contributed by atoms with Crippen LogP contribution in [0.2, 0.25) is 0 Å². The summed E-state index contributed by atoms with van der Waals surface area (Å²) in [7, 11) is 0. The molecule has 2 amide bonds. The van der Waals surface area contributed by atoms with E-state index in [4.69, 9.17) is 4.42 Å². The molecule has 1 aromatic carbocycles. The van der Waals surface area contributed by atoms with E-state index in [1.165, 1.54) is 0 Å². The van der Waals surface area contributed by atoms with Gasteiger partial charge in [0.1, 0.15) is 5.58 Å². The Morgan fingerprint density at radius 2 is 1.92 bits per heavy atom. The molecule has 1 aromatic heterocycles. The topological polar surface area (TPSA) is 53.8 Å². The monoisotopic (exact) mass is 340 g/mol. The van der Waals surface area contributed by atoms with Gasteiger partial charge in [-0.2, -0.15) is 0 Å². The smallest absolute Gasteiger partial charge is 0.290 e. The zero-order chi connectivity index (χ0) is 17.7. The maximum atomic E-state index is 13.2. The third-order valence-electron chi connectivity index (χ3n) is 5.71. The Bertz CT molecular complexity index is 854. The highest BCUT2D eigenvalue weighted by atomic mass is 16.3. The summed E-state index contributed by atoms with van der Waals surface area (Å²) in [5, 5.41) is 1.01. The number of rotatable bonds is 1. The second kappa shape index (κ2) is 5.90. The van der Waals surface area contributed by atoms with Crippen LogP contribution in [-0.2, 0) is 4.79 Å². The molecule has 0 radical (unpaired) electrons. The van der Waals surface area contributed by atoms with Crippen molar-refractivity contribution in [1.29, 1.82) is 0 Å². The number of hydrogen-bond acceptors (Lipinski definition) is 3. The zero-order valence-electron chi connectivity index (χ0n) is 15.0. The highest BCUT2D eigenvalue weighted by Gasteiger charge is 2.39. The van der Waals surface area contributed by atoms with Crippen LogP contribution in [0.3, 0.4) is 0 Å². The number of carbonyl (C=O) groups is 2. The molecule has 3 aliphatic heterocycles. The van der Waals surface area contributed by atoms with Gasteiger partial charge in [-0.1, -0.05) is 11.6 Å². The molecule has 2 atom stereocenters. The van der Waals surface area contributed by atoms with Gasteiger partial charge in [-0.25, -0.2) is 0 Å². The van der Waals surface area contributed by atoms with Gasteiger partial charge in [0.15, 0.2) is 5.76 Å². The van der Waals surface area contributed by atoms with E-state index in [1.54, 1.807) is 6.92 Å². The minimum atomic E-state index is -0.0357. The largest absolute Gasteiger partial charge is 0.451 e. The van der Waals surface area contributed by atoms with Crippen molar-refractivity contribution >= 4 is 22.8 Å². The van der Waals surface area contributed by atoms with Gasteiger partial charge in [-0.15, -0.1) is 0 Å². The molecule has 5 nitrogen and oxygen atoms in total. The molecule has 4 heterocycles. The normalized spacial score (nSPS) is 23.2. The number of nitrogens with zero attached hydrogens (tertiary/aromatic N) is 2. The second-order valence-electron chi connectivity index (χ2n) is 7.53. The fourth-order valence-corrected chi connectivity index (χ4v) is 4.26. The molecule has 0 N–H and O–H groups in total. The predicted octanol–water partition coefficient (Wildman–Crippen LogP) is 3.13. The number of furan rings is 1. The van der Waals surface area contributed by atoms with Crippen LogP contribution in [0.15, 0.2) is 22.6 Å². The Hall–Kier alpha value is -2.30. The maximum absolute atomic E-state index is 13.2. The number of piperidine rings is 1. The summed E-state index contributed by atoms with van der Waals surface area (Å²) >= 11 is 0. The number of amides is 2. The predicted molar refractivity (Wildman–Crippen MR) is 95.5 cm³/mol. The quantitative estimate of drug-likeness (QED) is 0.801. The molecule has 0 aliphatic carbocycles. The van der Waals surface area contributed by atoms with Crippen molar-refractivity contribution in [2.24, 2.45) is 5.92 Å². The lowest BCUT2D eigenvalue weighted by atomic mass is 9.94. The van der Waals surface area contributed by atoms with Crippen molar-refractivity contribution in [2.45, 2.75) is 39.7 Å². The summed E-state index contributed by atoms with van der Waals surface area (Å²) in [6.07, 6.45) is 2.04. The summed E-state index contributed by atoms with van der Waals surface area (Å²) in [6, 6.07) is 6.08. The van der Waals surface area contributed by atoms with Gasteiger partial charge in [0.2, 0.25) is 5.91 Å². The highest BCUT2D eigenvalue weighted by molar-refractivity contribution is 5.99. The molecular formula is C20H24N2O3. The van der Waals surface area contributed by atoms with Crippen molar-refractivity contribution in [3.63, 3.8) is 0 Å². The van der Waals surface area contributed by atoms with Crippen LogP contribution in [-0.4, -0.2) is 47.3 Å². The highest BCUT2D eigenvalue weighted by Crippen LogP contribution is 2.32. The lowest BCUT2D eigenvalue weighted by Crippen LogP contribution is -2.47. The molecule has 2 aromatic rings. The molecule has 3 saturated heterocycles. The van der Waals surface area contributed by atoms with Crippen LogP contribution < -0.4 is 0 Å². The van der Waals surface area contributed by atoms with Crippen molar-refractivity contribution in [1.82, 2.24) is 9.80 Å². The fraction of sp³-hybridized carbons (Fsp3) is 0.500. The van der Waals surface area contributed by atoms with Crippen molar-refractivity contribution < 1.29 is 14.0 Å². The molecule has 5 heteroatoms. The minimum Gasteiger partial charge on any atom is -0.451 e. The summed E-state index contributed by atoms with van der Waals surface area (Å²) < 4.78 is 5.92. The third kappa shape index (κ3) is 2.71. The van der Waals surface area contributed by atoms with Crippen LogP contribution in [0.25, 0.3) is 11.0 Å². The van der Waals surface area contributed by atoms with E-state index in [0.29, 0.717) is 24.8 Å². The third-order valence-corrected chi connectivity index (χ3v) is 5.71. The number of aryl methyl sites for hydroxylation is 2. The number of hydrogen-bond donors (Lipinski definition) is 0. The van der Waals surface area contributed by atoms with Gasteiger partial charge < -0.3 is 14.2 Å². The van der Waals surface area contributed by atoms with Gasteiger partial charge in [0.25, 0.3) is 5.91 Å². The Morgan fingerprint density at radius 1 is 1.12 bits per heavy atom. The van der Waals surface area contributed by atoms with Crippen molar-refractivity contribution in [3.8, 4) is 0 Å². The van der Waals surface area contributed by atoms with Crippen LogP contribution in [0, 0.1) is 19.8 Å². The first-order valence-electron chi connectivity index (χ1n) is 9.00. The molecule has 0 unspecified atom stereocenters. The lowest BCUT2D eigenvalue weighted by molar-refractivity contribution is -0.129. The number of benzene rings is 1. The second-order valence-corrected chi connectivity index (χ2v) is 7.53. The first-order chi connectivity index (χ1) is 11.9. The van der Waals surface area contributed by atoms with E-state index >= 15 is 0 Å². The molecule has 0 saturated carbocycles. The van der Waals surface area contributed by atoms with Gasteiger partial charge in [0, 0.05) is 43.5 Å². The summed E-state index contributed by atoms with van der Waals surface area (Å²) in [4.78, 5) is 28.9. The van der Waals surface area contributed by atoms with Gasteiger partial charge in [-0.3, -0.25) is 9.59 Å². The Labute approximate surface area is 147 Å². The van der Waals surface area contributed by atoms with E-state index in [1.807, 2.05) is 35.8 Å². The molecule has 2 bridgehead atoms. The first kappa shape index (κ1) is 16.2. The van der Waals surface area contributed by atoms with Crippen LogP contribution >= 0.6 is 0 Å². The molecule has 25 heavy (non-hydrogen) atoms. The minimum absolute atomic E-state index is 0.0357. The van der Waals surface area contributed by atoms with E-state index in [9.17, 15) is 9.59 Å². The Kier molecular flexibility index (Phi) is 3.82. The Balaban J connectivity index is 1.67. The average molecular weight is 340 g/mol. The summed E-state index contributed by atoms with van der Waals surface area (Å²) in [5.74, 6) is 0.870. The molecule has 0 spiro atoms. The van der Waals surface area contributed by atoms with E-state index in [0.717, 1.165) is 41.5 Å². The molecule has 3 fully saturated rings. The van der Waals surface area contributed by atoms with E-state index in [-0.39, 0.29) is 17.9 Å². The van der Waals surface area contributed by atoms with E-state index in [2.05, 4.69) is 6.07 Å². The van der Waals surface area contributed by atoms with Gasteiger partial charge in [-0.05, 0) is 44.7 Å². The number of carbonyl (C=O) groups excluding carboxylic acids is 2. The van der Waals surface area contributed by atoms with Crippen molar-refractivity contribution in [3.05, 3.63) is 35.1 Å². The number of fused-ring (bicyclic) bond motifs is 5. The van der Waals surface area contributed by atoms with Crippen molar-refractivity contribution in [2.75, 3.05) is 19.6 Å². The maximum Gasteiger partial charge on any atom is 0.290 e. The fourth-order valence-electron chi connectivity index (χ4n) is 4.26. The molecular weight excluding hydrogens is 316 g/mol. The molecule has 5 rings (SSSR count). The van der Waals surface area contributed by atoms with Gasteiger partial charge >= 0.3 is 0 Å². The standard InChI is InChI=1S/C20H24N2O3/c1-12-4-7-18-17(8-12)13(2)19(25-18)20(24)22-10-15-5-6-16(22)11-21(9-15)14(3)23/h4,7-8,15-16H,5-6,9-11H2,1-3H3/t15-,16+/m1/s1. The van der Waals surface area contributed by atoms with Gasteiger partial charge in [0.05, 0.1) is 0 Å². The van der Waals surface area contributed by atoms with E-state index < -0.39 is 0 Å². The Morgan fingerprint density at radius 3 is 2.68 bits per heavy atom. The summed E-state index contributed by atoms with van der Waals surface area (Å²) in [6.45, 7) is 7.71. The lowest BCUT2D eigenvalue weighted by Gasteiger charge is -2.35. The average Bonchev–Trinajstić information content (AvgIpc) is 2.76. The summed E-state index contributed by atoms with van der Waals surface area (Å²) in [5.41, 5.74) is 2.82. The zero-order valence-corrected chi connectivity index (χ0v) is 15.0. The van der Waals surface area contributed by atoms with Crippen LogP contribution in [0.1, 0.15) is 41.4 Å². The molecule has 132 valence electrons. The van der Waals surface area contributed by atoms with Crippen LogP contribution in [0.5, 0.6) is 0 Å².